The van der Waals surface area contributed by atoms with E-state index < -0.39 is 0 Å². The van der Waals surface area contributed by atoms with Gasteiger partial charge in [0.25, 0.3) is 5.56 Å². The van der Waals surface area contributed by atoms with E-state index in [4.69, 9.17) is 9.47 Å². The van der Waals surface area contributed by atoms with Gasteiger partial charge in [-0.25, -0.2) is 4.68 Å². The van der Waals surface area contributed by atoms with E-state index in [-0.39, 0.29) is 17.4 Å². The number of nitrogens with zero attached hydrogens (tertiary/aromatic N) is 3. The molecule has 1 fully saturated rings. The number of benzene rings is 1. The summed E-state index contributed by atoms with van der Waals surface area (Å²) in [6.07, 6.45) is 3.39. The van der Waals surface area contributed by atoms with Gasteiger partial charge in [-0.15, -0.1) is 0 Å². The number of carbonyl (C=O) groups excluding carboxylic acids is 1. The van der Waals surface area contributed by atoms with Crippen LogP contribution in [0.5, 0.6) is 11.5 Å². The zero-order valence-corrected chi connectivity index (χ0v) is 16.3. The molecular weight excluding hydrogens is 360 g/mol. The molecule has 1 aromatic carbocycles. The molecule has 0 aliphatic carbocycles. The standard InChI is InChI=1S/C20H26N4O4/c1-23-19(25)12-16(13-22-23)24-10-5-6-15(14-24)20(26)21-9-11-28-18-8-4-3-7-17(18)27-2/h3-4,7-8,12-13,15H,5-6,9-11,14H2,1-2H3,(H,21,26). The SMILES string of the molecule is COc1ccccc1OCCNC(=O)C1CCCN(c2cnn(C)c(=O)c2)C1. The molecule has 1 atom stereocenters. The van der Waals surface area contributed by atoms with Crippen molar-refractivity contribution in [1.82, 2.24) is 15.1 Å². The summed E-state index contributed by atoms with van der Waals surface area (Å²) in [5.41, 5.74) is 0.609. The summed E-state index contributed by atoms with van der Waals surface area (Å²) in [6, 6.07) is 8.97. The maximum absolute atomic E-state index is 12.5. The number of aromatic nitrogens is 2. The molecule has 1 aliphatic heterocycles. The third-order valence-electron chi connectivity index (χ3n) is 4.84. The number of amides is 1. The smallest absolute Gasteiger partial charge is 0.268 e. The minimum atomic E-state index is -0.155. The molecule has 1 N–H and O–H groups in total. The molecule has 1 aliphatic rings. The summed E-state index contributed by atoms with van der Waals surface area (Å²) >= 11 is 0. The van der Waals surface area contributed by atoms with Crippen molar-refractivity contribution in [2.45, 2.75) is 12.8 Å². The number of piperidine rings is 1. The first kappa shape index (κ1) is 19.7. The van der Waals surface area contributed by atoms with E-state index in [1.54, 1.807) is 26.4 Å². The van der Waals surface area contributed by atoms with Crippen molar-refractivity contribution in [3.63, 3.8) is 0 Å². The summed E-state index contributed by atoms with van der Waals surface area (Å²) in [5, 5.41) is 7.00. The van der Waals surface area contributed by atoms with Gasteiger partial charge >= 0.3 is 0 Å². The van der Waals surface area contributed by atoms with Gasteiger partial charge in [0.1, 0.15) is 6.61 Å². The predicted molar refractivity (Wildman–Crippen MR) is 106 cm³/mol. The highest BCUT2D eigenvalue weighted by Gasteiger charge is 2.26. The topological polar surface area (TPSA) is 85.7 Å². The fourth-order valence-corrected chi connectivity index (χ4v) is 3.28. The van der Waals surface area contributed by atoms with Crippen LogP contribution < -0.4 is 25.2 Å². The van der Waals surface area contributed by atoms with E-state index >= 15 is 0 Å². The van der Waals surface area contributed by atoms with Gasteiger partial charge in [0.05, 0.1) is 31.5 Å². The Morgan fingerprint density at radius 2 is 2.11 bits per heavy atom. The number of nitrogens with one attached hydrogen (secondary N) is 1. The molecule has 8 nitrogen and oxygen atoms in total. The van der Waals surface area contributed by atoms with Gasteiger partial charge in [-0.05, 0) is 25.0 Å². The molecule has 1 amide bonds. The Balaban J connectivity index is 1.48. The Hall–Kier alpha value is -3.03. The van der Waals surface area contributed by atoms with Gasteiger partial charge in [0, 0.05) is 26.2 Å². The minimum absolute atomic E-state index is 0.00474. The number of anilines is 1. The molecule has 2 aromatic rings. The highest BCUT2D eigenvalue weighted by atomic mass is 16.5. The maximum atomic E-state index is 12.5. The summed E-state index contributed by atoms with van der Waals surface area (Å²) in [5.74, 6) is 1.20. The van der Waals surface area contributed by atoms with Gasteiger partial charge in [-0.1, -0.05) is 12.1 Å². The van der Waals surface area contributed by atoms with Crippen LogP contribution >= 0.6 is 0 Å². The molecular formula is C20H26N4O4. The number of rotatable bonds is 7. The summed E-state index contributed by atoms with van der Waals surface area (Å²) in [7, 11) is 3.21. The van der Waals surface area contributed by atoms with Gasteiger partial charge in [0.15, 0.2) is 11.5 Å². The van der Waals surface area contributed by atoms with E-state index in [9.17, 15) is 9.59 Å². The summed E-state index contributed by atoms with van der Waals surface area (Å²) in [4.78, 5) is 26.4. The van der Waals surface area contributed by atoms with Crippen molar-refractivity contribution in [3.8, 4) is 11.5 Å². The van der Waals surface area contributed by atoms with Crippen LogP contribution in [0.4, 0.5) is 5.69 Å². The van der Waals surface area contributed by atoms with E-state index in [0.717, 1.165) is 25.1 Å². The monoisotopic (exact) mass is 386 g/mol. The lowest BCUT2D eigenvalue weighted by atomic mass is 9.97. The molecule has 150 valence electrons. The first-order valence-electron chi connectivity index (χ1n) is 9.40. The van der Waals surface area contributed by atoms with Crippen LogP contribution in [0.15, 0.2) is 41.3 Å². The molecule has 0 radical (unpaired) electrons. The Morgan fingerprint density at radius 3 is 2.86 bits per heavy atom. The van der Waals surface area contributed by atoms with Crippen molar-refractivity contribution in [3.05, 3.63) is 46.9 Å². The average molecular weight is 386 g/mol. The third kappa shape index (κ3) is 4.82. The molecule has 2 heterocycles. The molecule has 0 bridgehead atoms. The van der Waals surface area contributed by atoms with Crippen LogP contribution in [0.25, 0.3) is 0 Å². The van der Waals surface area contributed by atoms with E-state index in [2.05, 4.69) is 10.4 Å². The number of hydrogen-bond donors (Lipinski definition) is 1. The Morgan fingerprint density at radius 1 is 1.32 bits per heavy atom. The lowest BCUT2D eigenvalue weighted by Gasteiger charge is -2.33. The average Bonchev–Trinajstić information content (AvgIpc) is 2.73. The molecule has 1 unspecified atom stereocenters. The van der Waals surface area contributed by atoms with Crippen molar-refractivity contribution < 1.29 is 14.3 Å². The number of para-hydroxylation sites is 2. The number of ether oxygens (including phenoxy) is 2. The summed E-state index contributed by atoms with van der Waals surface area (Å²) < 4.78 is 12.2. The largest absolute Gasteiger partial charge is 0.493 e. The van der Waals surface area contributed by atoms with Gasteiger partial charge in [-0.3, -0.25) is 9.59 Å². The van der Waals surface area contributed by atoms with E-state index in [0.29, 0.717) is 31.2 Å². The third-order valence-corrected chi connectivity index (χ3v) is 4.84. The van der Waals surface area contributed by atoms with E-state index in [1.807, 2.05) is 29.2 Å². The number of hydrogen-bond acceptors (Lipinski definition) is 6. The normalized spacial score (nSPS) is 16.5. The molecule has 0 saturated carbocycles. The second-order valence-corrected chi connectivity index (χ2v) is 6.75. The second-order valence-electron chi connectivity index (χ2n) is 6.75. The Kier molecular flexibility index (Phi) is 6.52. The molecule has 1 saturated heterocycles. The lowest BCUT2D eigenvalue weighted by molar-refractivity contribution is -0.125. The Bertz CT molecular complexity index is 867. The zero-order chi connectivity index (χ0) is 19.9. The molecule has 0 spiro atoms. The van der Waals surface area contributed by atoms with Crippen molar-refractivity contribution in [2.75, 3.05) is 38.3 Å². The van der Waals surface area contributed by atoms with Gasteiger partial charge in [-0.2, -0.15) is 5.10 Å². The zero-order valence-electron chi connectivity index (χ0n) is 16.3. The molecule has 1 aromatic heterocycles. The van der Waals surface area contributed by atoms with Crippen LogP contribution in [0.3, 0.4) is 0 Å². The second kappa shape index (κ2) is 9.25. The fraction of sp³-hybridized carbons (Fsp3) is 0.450. The fourth-order valence-electron chi connectivity index (χ4n) is 3.28. The van der Waals surface area contributed by atoms with Crippen LogP contribution in [0.2, 0.25) is 0 Å². The van der Waals surface area contributed by atoms with Crippen LogP contribution in [-0.4, -0.2) is 49.0 Å². The van der Waals surface area contributed by atoms with Crippen molar-refractivity contribution in [1.29, 1.82) is 0 Å². The molecule has 8 heteroatoms. The quantitative estimate of drug-likeness (QED) is 0.720. The number of aryl methyl sites for hydroxylation is 1. The number of carbonyl (C=O) groups is 1. The van der Waals surface area contributed by atoms with Gasteiger partial charge in [0.2, 0.25) is 5.91 Å². The highest BCUT2D eigenvalue weighted by molar-refractivity contribution is 5.79. The van der Waals surface area contributed by atoms with Crippen LogP contribution in [0, 0.1) is 5.92 Å². The highest BCUT2D eigenvalue weighted by Crippen LogP contribution is 2.25. The minimum Gasteiger partial charge on any atom is -0.493 e. The Labute approximate surface area is 164 Å². The first-order valence-corrected chi connectivity index (χ1v) is 9.40. The van der Waals surface area contributed by atoms with Crippen LogP contribution in [-0.2, 0) is 11.8 Å². The molecule has 28 heavy (non-hydrogen) atoms. The van der Waals surface area contributed by atoms with Crippen molar-refractivity contribution in [2.24, 2.45) is 13.0 Å². The van der Waals surface area contributed by atoms with Crippen molar-refractivity contribution >= 4 is 11.6 Å². The maximum Gasteiger partial charge on any atom is 0.268 e. The lowest BCUT2D eigenvalue weighted by Crippen LogP contribution is -2.44. The van der Waals surface area contributed by atoms with Gasteiger partial charge < -0.3 is 19.7 Å². The van der Waals surface area contributed by atoms with Crippen LogP contribution in [0.1, 0.15) is 12.8 Å². The first-order chi connectivity index (χ1) is 13.6. The predicted octanol–water partition coefficient (Wildman–Crippen LogP) is 1.20. The molecule has 3 rings (SSSR count). The summed E-state index contributed by atoms with van der Waals surface area (Å²) in [6.45, 7) is 2.17. The van der Waals surface area contributed by atoms with E-state index in [1.165, 1.54) is 4.68 Å². The number of methoxy groups -OCH3 is 1.